The average Bonchev–Trinajstić information content (AvgIpc) is 2.42. The first-order valence-corrected chi connectivity index (χ1v) is 6.53. The minimum atomic E-state index is -0.610. The predicted octanol–water partition coefficient (Wildman–Crippen LogP) is 3.73. The van der Waals surface area contributed by atoms with Crippen LogP contribution in [-0.2, 0) is 0 Å². The fourth-order valence-corrected chi connectivity index (χ4v) is 2.04. The normalized spacial score (nSPS) is 10.3. The van der Waals surface area contributed by atoms with E-state index in [4.69, 9.17) is 17.3 Å². The summed E-state index contributed by atoms with van der Waals surface area (Å²) in [4.78, 5) is 14.0. The molecule has 20 heavy (non-hydrogen) atoms. The van der Waals surface area contributed by atoms with Crippen molar-refractivity contribution in [3.05, 3.63) is 58.9 Å². The lowest BCUT2D eigenvalue weighted by Crippen LogP contribution is -2.30. The molecule has 2 aromatic rings. The van der Waals surface area contributed by atoms with E-state index < -0.39 is 5.82 Å². The molecule has 0 spiro atoms. The van der Waals surface area contributed by atoms with Crippen LogP contribution in [0.15, 0.2) is 42.5 Å². The van der Waals surface area contributed by atoms with E-state index in [0.29, 0.717) is 17.9 Å². The van der Waals surface area contributed by atoms with Crippen molar-refractivity contribution >= 4 is 28.9 Å². The number of hydrogen-bond acceptors (Lipinski definition) is 2. The van der Waals surface area contributed by atoms with E-state index in [1.54, 1.807) is 24.3 Å². The summed E-state index contributed by atoms with van der Waals surface area (Å²) in [5, 5.41) is -0.00597. The Bertz CT molecular complexity index is 646. The first kappa shape index (κ1) is 14.3. The van der Waals surface area contributed by atoms with E-state index in [0.717, 1.165) is 6.07 Å². The SMILES string of the molecule is CCN(C(=O)c1ccc(Cl)c(F)c1)c1cccc(N)c1. The standard InChI is InChI=1S/C15H14ClFN2O/c1-2-19(12-5-3-4-11(18)9-12)15(20)10-6-7-13(16)14(17)8-10/h3-9H,2,18H2,1H3. The Labute approximate surface area is 121 Å². The number of rotatable bonds is 3. The maximum atomic E-state index is 13.5. The molecule has 1 amide bonds. The van der Waals surface area contributed by atoms with Gasteiger partial charge in [0.1, 0.15) is 5.82 Å². The lowest BCUT2D eigenvalue weighted by molar-refractivity contribution is 0.0988. The molecule has 0 saturated heterocycles. The van der Waals surface area contributed by atoms with Crippen LogP contribution < -0.4 is 10.6 Å². The Morgan fingerprint density at radius 2 is 2.05 bits per heavy atom. The van der Waals surface area contributed by atoms with E-state index in [1.165, 1.54) is 17.0 Å². The van der Waals surface area contributed by atoms with Crippen molar-refractivity contribution in [3.8, 4) is 0 Å². The number of nitrogens with zero attached hydrogens (tertiary/aromatic N) is 1. The van der Waals surface area contributed by atoms with Crippen molar-refractivity contribution in [3.63, 3.8) is 0 Å². The van der Waals surface area contributed by atoms with Gasteiger partial charge in [0.25, 0.3) is 5.91 Å². The van der Waals surface area contributed by atoms with Crippen LogP contribution in [0, 0.1) is 5.82 Å². The summed E-state index contributed by atoms with van der Waals surface area (Å²) >= 11 is 5.62. The van der Waals surface area contributed by atoms with Crippen molar-refractivity contribution < 1.29 is 9.18 Å². The highest BCUT2D eigenvalue weighted by molar-refractivity contribution is 6.30. The number of nitrogens with two attached hydrogens (primary N) is 1. The molecule has 0 aliphatic heterocycles. The number of carbonyl (C=O) groups is 1. The van der Waals surface area contributed by atoms with Gasteiger partial charge in [0.05, 0.1) is 5.02 Å². The minimum Gasteiger partial charge on any atom is -0.399 e. The van der Waals surface area contributed by atoms with Gasteiger partial charge in [-0.15, -0.1) is 0 Å². The second-order valence-corrected chi connectivity index (χ2v) is 4.68. The molecule has 0 radical (unpaired) electrons. The van der Waals surface area contributed by atoms with Crippen LogP contribution in [0.2, 0.25) is 5.02 Å². The summed E-state index contributed by atoms with van der Waals surface area (Å²) in [6.45, 7) is 2.29. The molecule has 0 aliphatic rings. The summed E-state index contributed by atoms with van der Waals surface area (Å²) in [6.07, 6.45) is 0. The number of amides is 1. The fraction of sp³-hybridized carbons (Fsp3) is 0.133. The van der Waals surface area contributed by atoms with Crippen molar-refractivity contribution in [1.82, 2.24) is 0 Å². The topological polar surface area (TPSA) is 46.3 Å². The molecular weight excluding hydrogens is 279 g/mol. The maximum Gasteiger partial charge on any atom is 0.258 e. The van der Waals surface area contributed by atoms with Gasteiger partial charge in [-0.25, -0.2) is 4.39 Å². The third kappa shape index (κ3) is 2.91. The molecule has 5 heteroatoms. The molecule has 2 aromatic carbocycles. The van der Waals surface area contributed by atoms with E-state index in [1.807, 2.05) is 6.92 Å². The summed E-state index contributed by atoms with van der Waals surface area (Å²) < 4.78 is 13.5. The molecule has 0 unspecified atom stereocenters. The summed E-state index contributed by atoms with van der Waals surface area (Å²) in [6, 6.07) is 11.0. The van der Waals surface area contributed by atoms with Crippen LogP contribution in [0.1, 0.15) is 17.3 Å². The van der Waals surface area contributed by atoms with Gasteiger partial charge in [-0.3, -0.25) is 4.79 Å². The van der Waals surface area contributed by atoms with E-state index in [2.05, 4.69) is 0 Å². The van der Waals surface area contributed by atoms with Gasteiger partial charge in [0.2, 0.25) is 0 Å². The van der Waals surface area contributed by atoms with Crippen molar-refractivity contribution in [2.45, 2.75) is 6.92 Å². The molecular formula is C15H14ClFN2O. The van der Waals surface area contributed by atoms with Crippen LogP contribution in [0.5, 0.6) is 0 Å². The van der Waals surface area contributed by atoms with Crippen LogP contribution >= 0.6 is 11.6 Å². The monoisotopic (exact) mass is 292 g/mol. The van der Waals surface area contributed by atoms with Crippen LogP contribution in [0.4, 0.5) is 15.8 Å². The summed E-state index contributed by atoms with van der Waals surface area (Å²) in [7, 11) is 0. The average molecular weight is 293 g/mol. The van der Waals surface area contributed by atoms with Crippen LogP contribution in [-0.4, -0.2) is 12.5 Å². The maximum absolute atomic E-state index is 13.5. The van der Waals surface area contributed by atoms with Gasteiger partial charge in [0.15, 0.2) is 0 Å². The van der Waals surface area contributed by atoms with Gasteiger partial charge in [-0.05, 0) is 43.3 Å². The van der Waals surface area contributed by atoms with Crippen molar-refractivity contribution in [2.24, 2.45) is 0 Å². The zero-order valence-corrected chi connectivity index (χ0v) is 11.7. The largest absolute Gasteiger partial charge is 0.399 e. The highest BCUT2D eigenvalue weighted by Crippen LogP contribution is 2.22. The molecule has 0 aliphatic carbocycles. The Morgan fingerprint density at radius 1 is 1.30 bits per heavy atom. The van der Waals surface area contributed by atoms with E-state index in [-0.39, 0.29) is 16.5 Å². The molecule has 0 heterocycles. The number of hydrogen-bond donors (Lipinski definition) is 1. The molecule has 0 bridgehead atoms. The lowest BCUT2D eigenvalue weighted by Gasteiger charge is -2.21. The second-order valence-electron chi connectivity index (χ2n) is 4.27. The van der Waals surface area contributed by atoms with E-state index in [9.17, 15) is 9.18 Å². The Kier molecular flexibility index (Phi) is 4.25. The first-order chi connectivity index (χ1) is 9.52. The predicted molar refractivity (Wildman–Crippen MR) is 79.6 cm³/mol. The number of carbonyl (C=O) groups excluding carboxylic acids is 1. The number of anilines is 2. The molecule has 2 N–H and O–H groups in total. The Balaban J connectivity index is 2.36. The quantitative estimate of drug-likeness (QED) is 0.876. The van der Waals surface area contributed by atoms with Gasteiger partial charge >= 0.3 is 0 Å². The molecule has 0 fully saturated rings. The summed E-state index contributed by atoms with van der Waals surface area (Å²) in [5.74, 6) is -0.908. The molecule has 3 nitrogen and oxygen atoms in total. The molecule has 104 valence electrons. The number of nitrogen functional groups attached to an aromatic ring is 1. The highest BCUT2D eigenvalue weighted by Gasteiger charge is 2.17. The second kappa shape index (κ2) is 5.92. The van der Waals surface area contributed by atoms with Gasteiger partial charge in [-0.2, -0.15) is 0 Å². The Hall–Kier alpha value is -2.07. The first-order valence-electron chi connectivity index (χ1n) is 6.15. The summed E-state index contributed by atoms with van der Waals surface area (Å²) in [5.41, 5.74) is 7.20. The van der Waals surface area contributed by atoms with Gasteiger partial charge in [0, 0.05) is 23.5 Å². The van der Waals surface area contributed by atoms with Crippen molar-refractivity contribution in [2.75, 3.05) is 17.2 Å². The molecule has 2 rings (SSSR count). The Morgan fingerprint density at radius 3 is 2.65 bits per heavy atom. The van der Waals surface area contributed by atoms with Gasteiger partial charge in [-0.1, -0.05) is 17.7 Å². The third-order valence-corrected chi connectivity index (χ3v) is 3.22. The zero-order chi connectivity index (χ0) is 14.7. The smallest absolute Gasteiger partial charge is 0.258 e. The molecule has 0 aromatic heterocycles. The number of benzene rings is 2. The third-order valence-electron chi connectivity index (χ3n) is 2.91. The number of halogens is 2. The van der Waals surface area contributed by atoms with Crippen molar-refractivity contribution in [1.29, 1.82) is 0 Å². The molecule has 0 atom stereocenters. The lowest BCUT2D eigenvalue weighted by atomic mass is 10.1. The minimum absolute atomic E-state index is 0.00597. The fourth-order valence-electron chi connectivity index (χ4n) is 1.92. The van der Waals surface area contributed by atoms with Crippen LogP contribution in [0.25, 0.3) is 0 Å². The van der Waals surface area contributed by atoms with Crippen LogP contribution in [0.3, 0.4) is 0 Å². The van der Waals surface area contributed by atoms with E-state index >= 15 is 0 Å². The molecule has 0 saturated carbocycles. The zero-order valence-electron chi connectivity index (χ0n) is 10.9. The van der Waals surface area contributed by atoms with Gasteiger partial charge < -0.3 is 10.6 Å². The highest BCUT2D eigenvalue weighted by atomic mass is 35.5.